The fraction of sp³-hybridized carbons (Fsp3) is 0.267. The summed E-state index contributed by atoms with van der Waals surface area (Å²) in [6.45, 7) is 1.39. The van der Waals surface area contributed by atoms with E-state index in [1.807, 2.05) is 29.6 Å². The van der Waals surface area contributed by atoms with Gasteiger partial charge in [0.1, 0.15) is 0 Å². The van der Waals surface area contributed by atoms with Gasteiger partial charge in [-0.05, 0) is 29.0 Å². The molecule has 106 valence electrons. The van der Waals surface area contributed by atoms with Gasteiger partial charge in [0, 0.05) is 11.4 Å². The van der Waals surface area contributed by atoms with Gasteiger partial charge in [-0.25, -0.2) is 0 Å². The molecule has 2 aromatic rings. The van der Waals surface area contributed by atoms with E-state index in [4.69, 9.17) is 0 Å². The molecule has 2 N–H and O–H groups in total. The predicted octanol–water partition coefficient (Wildman–Crippen LogP) is 2.50. The molecule has 0 saturated carbocycles. The molecular formula is C15H17ClN2OS. The van der Waals surface area contributed by atoms with Gasteiger partial charge in [0.25, 0.3) is 0 Å². The Bertz CT molecular complexity index is 571. The topological polar surface area (TPSA) is 41.1 Å². The zero-order valence-corrected chi connectivity index (χ0v) is 12.6. The molecule has 0 spiro atoms. The van der Waals surface area contributed by atoms with E-state index in [0.29, 0.717) is 6.54 Å². The number of benzene rings is 1. The number of nitrogens with one attached hydrogen (secondary N) is 2. The zero-order valence-electron chi connectivity index (χ0n) is 11.0. The Labute approximate surface area is 128 Å². The van der Waals surface area contributed by atoms with Crippen LogP contribution < -0.4 is 10.6 Å². The Morgan fingerprint density at radius 1 is 1.25 bits per heavy atom. The number of hydrogen-bond donors (Lipinski definition) is 2. The van der Waals surface area contributed by atoms with E-state index in [-0.39, 0.29) is 24.4 Å². The van der Waals surface area contributed by atoms with Crippen LogP contribution in [0, 0.1) is 0 Å². The Morgan fingerprint density at radius 2 is 2.05 bits per heavy atom. The lowest BCUT2D eigenvalue weighted by Gasteiger charge is -2.25. The number of fused-ring (bicyclic) bond motifs is 1. The van der Waals surface area contributed by atoms with Crippen molar-refractivity contribution < 1.29 is 4.79 Å². The molecule has 0 fully saturated rings. The van der Waals surface area contributed by atoms with E-state index < -0.39 is 0 Å². The first-order valence-corrected chi connectivity index (χ1v) is 7.31. The van der Waals surface area contributed by atoms with Crippen molar-refractivity contribution in [3.8, 4) is 0 Å². The molecule has 1 atom stereocenters. The summed E-state index contributed by atoms with van der Waals surface area (Å²) >= 11 is 1.67. The molecule has 1 aromatic carbocycles. The van der Waals surface area contributed by atoms with Gasteiger partial charge in [0.05, 0.1) is 12.6 Å². The standard InChI is InChI=1S/C15H16N2OS.ClH/c18-15(17-10-13-6-3-7-19-13)14-8-11-4-1-2-5-12(11)9-16-14;/h1-7,14,16H,8-10H2,(H,17,18);1H. The van der Waals surface area contributed by atoms with E-state index in [9.17, 15) is 4.79 Å². The highest BCUT2D eigenvalue weighted by atomic mass is 35.5. The normalized spacial score (nSPS) is 16.9. The van der Waals surface area contributed by atoms with E-state index in [2.05, 4.69) is 22.8 Å². The van der Waals surface area contributed by atoms with Gasteiger partial charge in [-0.2, -0.15) is 0 Å². The molecule has 20 heavy (non-hydrogen) atoms. The van der Waals surface area contributed by atoms with Gasteiger partial charge in [0.15, 0.2) is 0 Å². The number of halogens is 1. The van der Waals surface area contributed by atoms with Gasteiger partial charge in [0.2, 0.25) is 5.91 Å². The van der Waals surface area contributed by atoms with Gasteiger partial charge in [-0.1, -0.05) is 30.3 Å². The number of hydrogen-bond acceptors (Lipinski definition) is 3. The van der Waals surface area contributed by atoms with Crippen LogP contribution >= 0.6 is 23.7 Å². The Morgan fingerprint density at radius 3 is 2.80 bits per heavy atom. The SMILES string of the molecule is Cl.O=C(NCc1cccs1)C1Cc2ccccc2CN1. The van der Waals surface area contributed by atoms with Crippen molar-refractivity contribution in [2.24, 2.45) is 0 Å². The molecular weight excluding hydrogens is 292 g/mol. The molecule has 0 saturated heterocycles. The molecule has 3 nitrogen and oxygen atoms in total. The van der Waals surface area contributed by atoms with Crippen molar-refractivity contribution >= 4 is 29.7 Å². The van der Waals surface area contributed by atoms with E-state index in [0.717, 1.165) is 13.0 Å². The predicted molar refractivity (Wildman–Crippen MR) is 84.2 cm³/mol. The maximum absolute atomic E-state index is 12.1. The van der Waals surface area contributed by atoms with Crippen LogP contribution in [0.3, 0.4) is 0 Å². The summed E-state index contributed by atoms with van der Waals surface area (Å²) in [5.74, 6) is 0.0860. The maximum Gasteiger partial charge on any atom is 0.237 e. The molecule has 1 unspecified atom stereocenters. The highest BCUT2D eigenvalue weighted by Gasteiger charge is 2.23. The van der Waals surface area contributed by atoms with Crippen LogP contribution in [-0.4, -0.2) is 11.9 Å². The second-order valence-corrected chi connectivity index (χ2v) is 5.74. The average molecular weight is 309 g/mol. The van der Waals surface area contributed by atoms with Crippen molar-refractivity contribution in [3.63, 3.8) is 0 Å². The first kappa shape index (κ1) is 15.0. The number of carbonyl (C=O) groups excluding carboxylic acids is 1. The second-order valence-electron chi connectivity index (χ2n) is 4.70. The third-order valence-electron chi connectivity index (χ3n) is 3.41. The number of carbonyl (C=O) groups is 1. The van der Waals surface area contributed by atoms with Crippen molar-refractivity contribution in [2.45, 2.75) is 25.6 Å². The second kappa shape index (κ2) is 6.88. The average Bonchev–Trinajstić information content (AvgIpc) is 2.97. The van der Waals surface area contributed by atoms with Crippen molar-refractivity contribution in [3.05, 3.63) is 57.8 Å². The Hall–Kier alpha value is -1.36. The summed E-state index contributed by atoms with van der Waals surface area (Å²) in [5, 5.41) is 8.32. The fourth-order valence-corrected chi connectivity index (χ4v) is 2.99. The molecule has 1 aliphatic rings. The largest absolute Gasteiger partial charge is 0.350 e. The summed E-state index contributed by atoms with van der Waals surface area (Å²) in [7, 11) is 0. The molecule has 2 heterocycles. The minimum atomic E-state index is -0.116. The molecule has 1 aliphatic heterocycles. The minimum absolute atomic E-state index is 0. The maximum atomic E-state index is 12.1. The number of rotatable bonds is 3. The molecule has 3 rings (SSSR count). The van der Waals surface area contributed by atoms with Gasteiger partial charge in [-0.3, -0.25) is 4.79 Å². The van der Waals surface area contributed by atoms with E-state index >= 15 is 0 Å². The fourth-order valence-electron chi connectivity index (χ4n) is 2.35. The number of amides is 1. The molecule has 1 amide bonds. The van der Waals surface area contributed by atoms with Crippen LogP contribution in [0.4, 0.5) is 0 Å². The van der Waals surface area contributed by atoms with Crippen LogP contribution in [0.5, 0.6) is 0 Å². The van der Waals surface area contributed by atoms with E-state index in [1.165, 1.54) is 16.0 Å². The van der Waals surface area contributed by atoms with Crippen LogP contribution in [-0.2, 0) is 24.3 Å². The van der Waals surface area contributed by atoms with Crippen molar-refractivity contribution in [2.75, 3.05) is 0 Å². The molecule has 0 bridgehead atoms. The van der Waals surface area contributed by atoms with Crippen molar-refractivity contribution in [1.29, 1.82) is 0 Å². The monoisotopic (exact) mass is 308 g/mol. The lowest BCUT2D eigenvalue weighted by atomic mass is 9.95. The Balaban J connectivity index is 0.00000147. The third kappa shape index (κ3) is 3.39. The Kier molecular flexibility index (Phi) is 5.17. The molecule has 0 aliphatic carbocycles. The number of thiophene rings is 1. The first-order chi connectivity index (χ1) is 9.33. The van der Waals surface area contributed by atoms with Gasteiger partial charge in [-0.15, -0.1) is 23.7 Å². The molecule has 5 heteroatoms. The summed E-state index contributed by atoms with van der Waals surface area (Å²) in [5.41, 5.74) is 2.57. The highest BCUT2D eigenvalue weighted by molar-refractivity contribution is 7.09. The lowest BCUT2D eigenvalue weighted by molar-refractivity contribution is -0.123. The summed E-state index contributed by atoms with van der Waals surface area (Å²) in [4.78, 5) is 13.3. The van der Waals surface area contributed by atoms with Crippen LogP contribution in [0.15, 0.2) is 41.8 Å². The third-order valence-corrected chi connectivity index (χ3v) is 4.29. The molecule has 0 radical (unpaired) electrons. The quantitative estimate of drug-likeness (QED) is 0.915. The summed E-state index contributed by atoms with van der Waals surface area (Å²) in [6.07, 6.45) is 0.770. The summed E-state index contributed by atoms with van der Waals surface area (Å²) in [6, 6.07) is 12.2. The van der Waals surface area contributed by atoms with Crippen molar-refractivity contribution in [1.82, 2.24) is 10.6 Å². The van der Waals surface area contributed by atoms with Gasteiger partial charge < -0.3 is 10.6 Å². The molecule has 1 aromatic heterocycles. The van der Waals surface area contributed by atoms with Crippen LogP contribution in [0.25, 0.3) is 0 Å². The minimum Gasteiger partial charge on any atom is -0.350 e. The first-order valence-electron chi connectivity index (χ1n) is 6.43. The highest BCUT2D eigenvalue weighted by Crippen LogP contribution is 2.16. The zero-order chi connectivity index (χ0) is 13.1. The summed E-state index contributed by atoms with van der Waals surface area (Å²) < 4.78 is 0. The van der Waals surface area contributed by atoms with Crippen LogP contribution in [0.1, 0.15) is 16.0 Å². The van der Waals surface area contributed by atoms with E-state index in [1.54, 1.807) is 11.3 Å². The van der Waals surface area contributed by atoms with Crippen LogP contribution in [0.2, 0.25) is 0 Å². The van der Waals surface area contributed by atoms with Gasteiger partial charge >= 0.3 is 0 Å². The smallest absolute Gasteiger partial charge is 0.237 e. The lowest BCUT2D eigenvalue weighted by Crippen LogP contribution is -2.47.